The standard InChI is InChI=1S/C18H32N6O/c1-13-5-4-10-23(12-13)14(2)11-20-18(25)17-15(3)24(22-21-17)16-6-8-19-9-7-16/h13-14,16,19H,4-12H2,1-3H3,(H,20,25). The molecule has 2 unspecified atom stereocenters. The van der Waals surface area contributed by atoms with Gasteiger partial charge in [-0.2, -0.15) is 0 Å². The molecule has 3 heterocycles. The molecule has 2 N–H and O–H groups in total. The third kappa shape index (κ3) is 4.39. The Bertz CT molecular complexity index is 580. The summed E-state index contributed by atoms with van der Waals surface area (Å²) < 4.78 is 1.94. The summed E-state index contributed by atoms with van der Waals surface area (Å²) in [6.07, 6.45) is 4.64. The molecule has 2 aliphatic rings. The molecule has 2 saturated heterocycles. The highest BCUT2D eigenvalue weighted by Crippen LogP contribution is 2.20. The Morgan fingerprint density at radius 3 is 2.84 bits per heavy atom. The highest BCUT2D eigenvalue weighted by atomic mass is 16.2. The summed E-state index contributed by atoms with van der Waals surface area (Å²) in [4.78, 5) is 15.0. The molecular formula is C18H32N6O. The van der Waals surface area contributed by atoms with E-state index in [1.807, 2.05) is 11.6 Å². The van der Waals surface area contributed by atoms with Crippen molar-refractivity contribution in [3.63, 3.8) is 0 Å². The fraction of sp³-hybridized carbons (Fsp3) is 0.833. The van der Waals surface area contributed by atoms with Gasteiger partial charge in [0, 0.05) is 19.1 Å². The smallest absolute Gasteiger partial charge is 0.273 e. The first kappa shape index (κ1) is 18.3. The predicted molar refractivity (Wildman–Crippen MR) is 97.7 cm³/mol. The number of hydrogen-bond acceptors (Lipinski definition) is 5. The zero-order chi connectivity index (χ0) is 17.8. The largest absolute Gasteiger partial charge is 0.349 e. The van der Waals surface area contributed by atoms with E-state index in [4.69, 9.17) is 0 Å². The molecule has 1 aromatic rings. The number of hydrogen-bond donors (Lipinski definition) is 2. The lowest BCUT2D eigenvalue weighted by Crippen LogP contribution is -2.46. The van der Waals surface area contributed by atoms with E-state index in [9.17, 15) is 4.79 Å². The average molecular weight is 348 g/mol. The molecule has 140 valence electrons. The van der Waals surface area contributed by atoms with Crippen LogP contribution in [0.4, 0.5) is 0 Å². The summed E-state index contributed by atoms with van der Waals surface area (Å²) in [5, 5.41) is 14.8. The van der Waals surface area contributed by atoms with Crippen molar-refractivity contribution < 1.29 is 4.79 Å². The second-order valence-electron chi connectivity index (χ2n) is 7.75. The zero-order valence-electron chi connectivity index (χ0n) is 15.8. The number of likely N-dealkylation sites (tertiary alicyclic amines) is 1. The van der Waals surface area contributed by atoms with Gasteiger partial charge in [0.15, 0.2) is 5.69 Å². The number of piperidine rings is 2. The van der Waals surface area contributed by atoms with Crippen LogP contribution >= 0.6 is 0 Å². The lowest BCUT2D eigenvalue weighted by Gasteiger charge is -2.35. The van der Waals surface area contributed by atoms with Crippen molar-refractivity contribution in [1.82, 2.24) is 30.5 Å². The van der Waals surface area contributed by atoms with Gasteiger partial charge in [-0.05, 0) is 65.1 Å². The van der Waals surface area contributed by atoms with E-state index in [0.29, 0.717) is 24.3 Å². The molecule has 25 heavy (non-hydrogen) atoms. The van der Waals surface area contributed by atoms with Crippen molar-refractivity contribution in [3.8, 4) is 0 Å². The molecule has 2 aliphatic heterocycles. The summed E-state index contributed by atoms with van der Waals surface area (Å²) in [6.45, 7) is 11.4. The molecule has 7 nitrogen and oxygen atoms in total. The number of carbonyl (C=O) groups is 1. The Morgan fingerprint density at radius 2 is 2.12 bits per heavy atom. The van der Waals surface area contributed by atoms with Crippen molar-refractivity contribution in [2.24, 2.45) is 5.92 Å². The zero-order valence-corrected chi connectivity index (χ0v) is 15.8. The van der Waals surface area contributed by atoms with Crippen LogP contribution in [0.2, 0.25) is 0 Å². The highest BCUT2D eigenvalue weighted by molar-refractivity contribution is 5.93. The molecule has 1 amide bonds. The predicted octanol–water partition coefficient (Wildman–Crippen LogP) is 1.36. The molecule has 3 rings (SSSR count). The fourth-order valence-corrected chi connectivity index (χ4v) is 4.03. The number of aromatic nitrogens is 3. The molecule has 2 fully saturated rings. The van der Waals surface area contributed by atoms with E-state index < -0.39 is 0 Å². The van der Waals surface area contributed by atoms with Crippen LogP contribution in [0.1, 0.15) is 61.8 Å². The van der Waals surface area contributed by atoms with E-state index in [1.165, 1.54) is 12.8 Å². The number of rotatable bonds is 5. The molecule has 0 saturated carbocycles. The maximum absolute atomic E-state index is 12.6. The Labute approximate surface area is 150 Å². The van der Waals surface area contributed by atoms with Gasteiger partial charge in [-0.3, -0.25) is 9.69 Å². The minimum absolute atomic E-state index is 0.102. The minimum atomic E-state index is -0.102. The molecule has 2 atom stereocenters. The molecule has 7 heteroatoms. The monoisotopic (exact) mass is 348 g/mol. The Balaban J connectivity index is 1.55. The quantitative estimate of drug-likeness (QED) is 0.840. The topological polar surface area (TPSA) is 75.1 Å². The SMILES string of the molecule is Cc1c(C(=O)NCC(C)N2CCCC(C)C2)nnn1C1CCNCC1. The van der Waals surface area contributed by atoms with E-state index >= 15 is 0 Å². The Morgan fingerprint density at radius 1 is 1.36 bits per heavy atom. The van der Waals surface area contributed by atoms with Crippen LogP contribution in [-0.2, 0) is 0 Å². The van der Waals surface area contributed by atoms with Gasteiger partial charge < -0.3 is 10.6 Å². The average Bonchev–Trinajstić information content (AvgIpc) is 3.01. The normalized spacial score (nSPS) is 24.2. The molecule has 1 aromatic heterocycles. The molecule has 0 spiro atoms. The van der Waals surface area contributed by atoms with Gasteiger partial charge in [-0.15, -0.1) is 5.10 Å². The van der Waals surface area contributed by atoms with Crippen LogP contribution in [0.3, 0.4) is 0 Å². The van der Waals surface area contributed by atoms with E-state index in [-0.39, 0.29) is 5.91 Å². The van der Waals surface area contributed by atoms with Gasteiger partial charge >= 0.3 is 0 Å². The van der Waals surface area contributed by atoms with E-state index in [2.05, 4.69) is 39.7 Å². The van der Waals surface area contributed by atoms with Gasteiger partial charge in [0.05, 0.1) is 11.7 Å². The second kappa shape index (κ2) is 8.27. The highest BCUT2D eigenvalue weighted by Gasteiger charge is 2.24. The summed E-state index contributed by atoms with van der Waals surface area (Å²) >= 11 is 0. The first-order valence-electron chi connectivity index (χ1n) is 9.71. The maximum atomic E-state index is 12.6. The number of nitrogens with one attached hydrogen (secondary N) is 2. The van der Waals surface area contributed by atoms with Crippen molar-refractivity contribution in [2.45, 2.75) is 58.5 Å². The maximum Gasteiger partial charge on any atom is 0.273 e. The summed E-state index contributed by atoms with van der Waals surface area (Å²) in [5.41, 5.74) is 1.35. The summed E-state index contributed by atoms with van der Waals surface area (Å²) in [7, 11) is 0. The van der Waals surface area contributed by atoms with Gasteiger partial charge in [0.2, 0.25) is 0 Å². The van der Waals surface area contributed by atoms with Crippen molar-refractivity contribution >= 4 is 5.91 Å². The number of carbonyl (C=O) groups excluding carboxylic acids is 1. The summed E-state index contributed by atoms with van der Waals surface area (Å²) in [5.74, 6) is 0.647. The minimum Gasteiger partial charge on any atom is -0.349 e. The Hall–Kier alpha value is -1.47. The van der Waals surface area contributed by atoms with Gasteiger partial charge in [-0.25, -0.2) is 4.68 Å². The van der Waals surface area contributed by atoms with Crippen LogP contribution in [0.15, 0.2) is 0 Å². The van der Waals surface area contributed by atoms with E-state index in [1.54, 1.807) is 0 Å². The van der Waals surface area contributed by atoms with Crippen LogP contribution < -0.4 is 10.6 Å². The van der Waals surface area contributed by atoms with Crippen LogP contribution in [0, 0.1) is 12.8 Å². The number of nitrogens with zero attached hydrogens (tertiary/aromatic N) is 4. The number of amides is 1. The molecule has 0 bridgehead atoms. The fourth-order valence-electron chi connectivity index (χ4n) is 4.03. The van der Waals surface area contributed by atoms with Crippen molar-refractivity contribution in [1.29, 1.82) is 0 Å². The van der Waals surface area contributed by atoms with Crippen molar-refractivity contribution in [2.75, 3.05) is 32.7 Å². The van der Waals surface area contributed by atoms with Crippen LogP contribution in [-0.4, -0.2) is 64.6 Å². The lowest BCUT2D eigenvalue weighted by molar-refractivity contribution is 0.0912. The molecule has 0 aromatic carbocycles. The van der Waals surface area contributed by atoms with Gasteiger partial charge in [0.1, 0.15) is 0 Å². The third-order valence-electron chi connectivity index (χ3n) is 5.67. The first-order chi connectivity index (χ1) is 12.1. The van der Waals surface area contributed by atoms with Gasteiger partial charge in [-0.1, -0.05) is 12.1 Å². The molecule has 0 aliphatic carbocycles. The molecular weight excluding hydrogens is 316 g/mol. The second-order valence-corrected chi connectivity index (χ2v) is 7.75. The van der Waals surface area contributed by atoms with E-state index in [0.717, 1.165) is 50.6 Å². The third-order valence-corrected chi connectivity index (χ3v) is 5.67. The Kier molecular flexibility index (Phi) is 6.06. The first-order valence-corrected chi connectivity index (χ1v) is 9.71. The molecule has 0 radical (unpaired) electrons. The van der Waals surface area contributed by atoms with Crippen LogP contribution in [0.25, 0.3) is 0 Å². The van der Waals surface area contributed by atoms with Crippen molar-refractivity contribution in [3.05, 3.63) is 11.4 Å². The summed E-state index contributed by atoms with van der Waals surface area (Å²) in [6, 6.07) is 0.704. The lowest BCUT2D eigenvalue weighted by atomic mass is 9.99. The van der Waals surface area contributed by atoms with Crippen LogP contribution in [0.5, 0.6) is 0 Å². The van der Waals surface area contributed by atoms with Gasteiger partial charge in [0.25, 0.3) is 5.91 Å².